The van der Waals surface area contributed by atoms with E-state index in [2.05, 4.69) is 29.0 Å². The number of hydrogen-bond acceptors (Lipinski definition) is 3. The lowest BCUT2D eigenvalue weighted by molar-refractivity contribution is 0.748. The summed E-state index contributed by atoms with van der Waals surface area (Å²) in [7, 11) is 0. The highest BCUT2D eigenvalue weighted by Crippen LogP contribution is 2.21. The molecule has 0 N–H and O–H groups in total. The van der Waals surface area contributed by atoms with Crippen LogP contribution < -0.4 is 0 Å². The quantitative estimate of drug-likeness (QED) is 0.748. The highest BCUT2D eigenvalue weighted by molar-refractivity contribution is 6.32. The Kier molecular flexibility index (Phi) is 2.38. The number of fused-ring (bicyclic) bond motifs is 1. The first kappa shape index (κ1) is 10.4. The molecule has 2 heterocycles. The average Bonchev–Trinajstić information content (AvgIpc) is 2.58. The first-order valence-electron chi connectivity index (χ1n) is 4.90. The van der Waals surface area contributed by atoms with Gasteiger partial charge >= 0.3 is 0 Å². The lowest BCUT2D eigenvalue weighted by Gasteiger charge is -2.08. The maximum Gasteiger partial charge on any atom is 0.198 e. The third-order valence-corrected chi connectivity index (χ3v) is 2.77. The van der Waals surface area contributed by atoms with Gasteiger partial charge in [-0.25, -0.2) is 4.98 Å². The lowest BCUT2D eigenvalue weighted by atomic mass is 10.2. The van der Waals surface area contributed by atoms with Gasteiger partial charge in [0.1, 0.15) is 5.82 Å². The van der Waals surface area contributed by atoms with Crippen molar-refractivity contribution in [2.24, 2.45) is 0 Å². The van der Waals surface area contributed by atoms with E-state index in [0.29, 0.717) is 16.7 Å². The molecule has 0 saturated carbocycles. The summed E-state index contributed by atoms with van der Waals surface area (Å²) in [5.74, 6) is 1.24. The summed E-state index contributed by atoms with van der Waals surface area (Å²) < 4.78 is 1.98. The minimum absolute atomic E-state index is 0.316. The van der Waals surface area contributed by atoms with Gasteiger partial charge < -0.3 is 0 Å². The maximum absolute atomic E-state index is 6.02. The molecule has 15 heavy (non-hydrogen) atoms. The Morgan fingerprint density at radius 3 is 2.47 bits per heavy atom. The van der Waals surface area contributed by atoms with Crippen molar-refractivity contribution in [3.8, 4) is 0 Å². The van der Waals surface area contributed by atoms with Crippen molar-refractivity contribution in [3.63, 3.8) is 0 Å². The predicted molar refractivity (Wildman–Crippen MR) is 59.4 cm³/mol. The zero-order valence-electron chi connectivity index (χ0n) is 9.24. The van der Waals surface area contributed by atoms with Crippen molar-refractivity contribution in [2.75, 3.05) is 0 Å². The molecule has 80 valence electrons. The largest absolute Gasteiger partial charge is 0.279 e. The second kappa shape index (κ2) is 3.45. The second-order valence-corrected chi connectivity index (χ2v) is 4.30. The van der Waals surface area contributed by atoms with E-state index in [4.69, 9.17) is 11.6 Å². The van der Waals surface area contributed by atoms with Gasteiger partial charge in [0, 0.05) is 11.6 Å². The van der Waals surface area contributed by atoms with Gasteiger partial charge in [0.15, 0.2) is 10.8 Å². The lowest BCUT2D eigenvalue weighted by Crippen LogP contribution is -2.04. The summed E-state index contributed by atoms with van der Waals surface area (Å²) in [6.07, 6.45) is 0. The van der Waals surface area contributed by atoms with Gasteiger partial charge in [-0.2, -0.15) is 0 Å². The summed E-state index contributed by atoms with van der Waals surface area (Å²) in [5, 5.41) is 8.62. The molecule has 0 fully saturated rings. The van der Waals surface area contributed by atoms with E-state index in [1.165, 1.54) is 0 Å². The van der Waals surface area contributed by atoms with Crippen LogP contribution in [-0.2, 0) is 0 Å². The fourth-order valence-electron chi connectivity index (χ4n) is 1.57. The Hall–Kier alpha value is -1.16. The number of halogens is 1. The van der Waals surface area contributed by atoms with Crippen LogP contribution in [0.15, 0.2) is 0 Å². The van der Waals surface area contributed by atoms with Crippen LogP contribution in [0.4, 0.5) is 0 Å². The average molecular weight is 225 g/mol. The molecule has 0 aromatic carbocycles. The second-order valence-electron chi connectivity index (χ2n) is 3.95. The maximum atomic E-state index is 6.02. The van der Waals surface area contributed by atoms with Gasteiger partial charge in [-0.05, 0) is 13.8 Å². The van der Waals surface area contributed by atoms with Crippen LogP contribution in [-0.4, -0.2) is 19.6 Å². The van der Waals surface area contributed by atoms with Crippen LogP contribution in [0.25, 0.3) is 5.65 Å². The van der Waals surface area contributed by atoms with Crippen molar-refractivity contribution < 1.29 is 0 Å². The highest BCUT2D eigenvalue weighted by atomic mass is 35.5. The van der Waals surface area contributed by atoms with Crippen molar-refractivity contribution >= 4 is 17.2 Å². The molecule has 0 atom stereocenters. The van der Waals surface area contributed by atoms with E-state index in [9.17, 15) is 0 Å². The summed E-state index contributed by atoms with van der Waals surface area (Å²) in [4.78, 5) is 4.22. The zero-order valence-corrected chi connectivity index (χ0v) is 10.0. The van der Waals surface area contributed by atoms with Gasteiger partial charge in [0.05, 0.1) is 5.69 Å². The van der Waals surface area contributed by atoms with Gasteiger partial charge in [0.25, 0.3) is 0 Å². The zero-order chi connectivity index (χ0) is 11.2. The molecule has 0 spiro atoms. The SMILES string of the molecule is Cc1nc(Cl)c2nnc(C(C)C)n2c1C. The number of aromatic nitrogens is 4. The number of hydrogen-bond donors (Lipinski definition) is 0. The molecule has 4 nitrogen and oxygen atoms in total. The minimum atomic E-state index is 0.316. The molecular formula is C10H13ClN4. The fraction of sp³-hybridized carbons (Fsp3) is 0.500. The molecule has 0 aliphatic carbocycles. The van der Waals surface area contributed by atoms with Gasteiger partial charge in [0.2, 0.25) is 0 Å². The summed E-state index contributed by atoms with van der Waals surface area (Å²) in [6, 6.07) is 0. The Morgan fingerprint density at radius 2 is 1.87 bits per heavy atom. The molecule has 0 unspecified atom stereocenters. The van der Waals surface area contributed by atoms with Crippen molar-refractivity contribution in [1.29, 1.82) is 0 Å². The van der Waals surface area contributed by atoms with Crippen molar-refractivity contribution in [1.82, 2.24) is 19.6 Å². The van der Waals surface area contributed by atoms with Crippen LogP contribution in [0.2, 0.25) is 5.15 Å². The molecular weight excluding hydrogens is 212 g/mol. The van der Waals surface area contributed by atoms with Gasteiger partial charge in [-0.15, -0.1) is 10.2 Å². The van der Waals surface area contributed by atoms with Gasteiger partial charge in [-0.3, -0.25) is 4.40 Å². The van der Waals surface area contributed by atoms with E-state index in [-0.39, 0.29) is 0 Å². The molecule has 0 amide bonds. The molecule has 0 aliphatic heterocycles. The molecule has 2 aromatic heterocycles. The van der Waals surface area contributed by atoms with Crippen LogP contribution in [0.1, 0.15) is 37.0 Å². The van der Waals surface area contributed by atoms with Crippen molar-refractivity contribution in [2.45, 2.75) is 33.6 Å². The summed E-state index contributed by atoms with van der Waals surface area (Å²) in [5.41, 5.74) is 2.60. The molecule has 0 bridgehead atoms. The first-order chi connectivity index (χ1) is 7.02. The van der Waals surface area contributed by atoms with E-state index >= 15 is 0 Å². The Morgan fingerprint density at radius 1 is 1.20 bits per heavy atom. The Labute approximate surface area is 93.3 Å². The Balaban J connectivity index is 2.89. The predicted octanol–water partition coefficient (Wildman–Crippen LogP) is 2.52. The van der Waals surface area contributed by atoms with Gasteiger partial charge in [-0.1, -0.05) is 25.4 Å². The molecule has 5 heteroatoms. The highest BCUT2D eigenvalue weighted by Gasteiger charge is 2.15. The fourth-order valence-corrected chi connectivity index (χ4v) is 1.82. The van der Waals surface area contributed by atoms with Crippen LogP contribution >= 0.6 is 11.6 Å². The van der Waals surface area contributed by atoms with Crippen LogP contribution in [0.3, 0.4) is 0 Å². The van der Waals surface area contributed by atoms with E-state index in [1.807, 2.05) is 18.2 Å². The van der Waals surface area contributed by atoms with E-state index in [0.717, 1.165) is 17.2 Å². The Bertz CT molecular complexity index is 516. The summed E-state index contributed by atoms with van der Waals surface area (Å²) in [6.45, 7) is 8.10. The van der Waals surface area contributed by atoms with E-state index < -0.39 is 0 Å². The summed E-state index contributed by atoms with van der Waals surface area (Å²) >= 11 is 6.02. The van der Waals surface area contributed by atoms with Crippen molar-refractivity contribution in [3.05, 3.63) is 22.4 Å². The molecule has 2 aromatic rings. The minimum Gasteiger partial charge on any atom is -0.279 e. The third kappa shape index (κ3) is 1.49. The number of aryl methyl sites for hydroxylation is 2. The monoisotopic (exact) mass is 224 g/mol. The standard InChI is InChI=1S/C10H13ClN4/c1-5(2)9-13-14-10-8(11)12-6(3)7(4)15(9)10/h5H,1-4H3. The van der Waals surface area contributed by atoms with Crippen LogP contribution in [0.5, 0.6) is 0 Å². The topological polar surface area (TPSA) is 43.1 Å². The van der Waals surface area contributed by atoms with E-state index in [1.54, 1.807) is 0 Å². The smallest absolute Gasteiger partial charge is 0.198 e. The third-order valence-electron chi connectivity index (χ3n) is 2.51. The molecule has 0 aliphatic rings. The number of rotatable bonds is 1. The normalized spacial score (nSPS) is 11.6. The molecule has 0 radical (unpaired) electrons. The first-order valence-corrected chi connectivity index (χ1v) is 5.28. The molecule has 0 saturated heterocycles. The molecule has 2 rings (SSSR count). The van der Waals surface area contributed by atoms with Crippen LogP contribution in [0, 0.1) is 13.8 Å². The number of nitrogens with zero attached hydrogens (tertiary/aromatic N) is 4.